The van der Waals surface area contributed by atoms with E-state index in [0.717, 1.165) is 5.56 Å². The minimum Gasteiger partial charge on any atom is -0.445 e. The Morgan fingerprint density at radius 3 is 2.62 bits per heavy atom. The number of aliphatic hydroxyl groups excluding tert-OH is 2. The van der Waals surface area contributed by atoms with Gasteiger partial charge in [-0.15, -0.1) is 0 Å². The number of halogens is 1. The van der Waals surface area contributed by atoms with Crippen LogP contribution in [-0.4, -0.2) is 38.7 Å². The van der Waals surface area contributed by atoms with Crippen LogP contribution in [0, 0.1) is 6.92 Å². The van der Waals surface area contributed by atoms with Gasteiger partial charge in [0.2, 0.25) is 0 Å². The number of aliphatic hydroxyl groups is 2. The number of nitrogens with zero attached hydrogens (tertiary/aromatic N) is 2. The SMILES string of the molecule is Cc1nn(C)c(Cl)c1C(O)C(O)CNC(=O)OCc1ccccc1. The van der Waals surface area contributed by atoms with E-state index in [1.165, 1.54) is 4.68 Å². The van der Waals surface area contributed by atoms with E-state index < -0.39 is 18.3 Å². The topological polar surface area (TPSA) is 96.6 Å². The van der Waals surface area contributed by atoms with Crippen molar-refractivity contribution in [2.45, 2.75) is 25.7 Å². The van der Waals surface area contributed by atoms with Crippen molar-refractivity contribution < 1.29 is 19.7 Å². The van der Waals surface area contributed by atoms with Crippen molar-refractivity contribution in [3.63, 3.8) is 0 Å². The summed E-state index contributed by atoms with van der Waals surface area (Å²) in [4.78, 5) is 11.6. The number of carbonyl (C=O) groups is 1. The van der Waals surface area contributed by atoms with Crippen LogP contribution < -0.4 is 5.32 Å². The molecule has 3 N–H and O–H groups in total. The maximum Gasteiger partial charge on any atom is 0.407 e. The lowest BCUT2D eigenvalue weighted by Crippen LogP contribution is -2.36. The van der Waals surface area contributed by atoms with Crippen LogP contribution in [0.1, 0.15) is 22.9 Å². The number of amides is 1. The maximum absolute atomic E-state index is 11.6. The maximum atomic E-state index is 11.6. The van der Waals surface area contributed by atoms with Gasteiger partial charge in [-0.1, -0.05) is 41.9 Å². The quantitative estimate of drug-likeness (QED) is 0.734. The second kappa shape index (κ2) is 8.14. The lowest BCUT2D eigenvalue weighted by atomic mass is 10.1. The summed E-state index contributed by atoms with van der Waals surface area (Å²) in [5.74, 6) is 0. The highest BCUT2D eigenvalue weighted by Crippen LogP contribution is 2.27. The molecule has 2 aromatic rings. The fourth-order valence-electron chi connectivity index (χ4n) is 2.25. The van der Waals surface area contributed by atoms with Crippen LogP contribution in [0.5, 0.6) is 0 Å². The Balaban J connectivity index is 1.83. The lowest BCUT2D eigenvalue weighted by molar-refractivity contribution is 0.0181. The molecular formula is C16H20ClN3O4. The third-order valence-corrected chi connectivity index (χ3v) is 3.97. The first-order valence-electron chi connectivity index (χ1n) is 7.39. The van der Waals surface area contributed by atoms with Crippen LogP contribution in [-0.2, 0) is 18.4 Å². The molecule has 0 bridgehead atoms. The number of carbonyl (C=O) groups excluding carboxylic acids is 1. The first-order chi connectivity index (χ1) is 11.4. The molecule has 1 heterocycles. The van der Waals surface area contributed by atoms with Gasteiger partial charge in [-0.05, 0) is 12.5 Å². The second-order valence-electron chi connectivity index (χ2n) is 5.37. The van der Waals surface area contributed by atoms with E-state index in [1.54, 1.807) is 14.0 Å². The first-order valence-corrected chi connectivity index (χ1v) is 7.77. The molecule has 0 fully saturated rings. The zero-order valence-electron chi connectivity index (χ0n) is 13.4. The third-order valence-electron chi connectivity index (χ3n) is 3.52. The van der Waals surface area contributed by atoms with Crippen LogP contribution in [0.2, 0.25) is 5.15 Å². The van der Waals surface area contributed by atoms with Crippen molar-refractivity contribution in [3.05, 3.63) is 52.3 Å². The normalized spacial score (nSPS) is 13.4. The number of hydrogen-bond donors (Lipinski definition) is 3. The summed E-state index contributed by atoms with van der Waals surface area (Å²) in [7, 11) is 1.64. The first kappa shape index (κ1) is 18.3. The van der Waals surface area contributed by atoms with E-state index in [9.17, 15) is 15.0 Å². The van der Waals surface area contributed by atoms with Crippen molar-refractivity contribution in [1.29, 1.82) is 0 Å². The van der Waals surface area contributed by atoms with Gasteiger partial charge in [-0.2, -0.15) is 5.10 Å². The Morgan fingerprint density at radius 2 is 2.04 bits per heavy atom. The summed E-state index contributed by atoms with van der Waals surface area (Å²) in [6.07, 6.45) is -3.19. The van der Waals surface area contributed by atoms with Gasteiger partial charge in [0.25, 0.3) is 0 Å². The van der Waals surface area contributed by atoms with Crippen molar-refractivity contribution in [3.8, 4) is 0 Å². The second-order valence-corrected chi connectivity index (χ2v) is 5.73. The van der Waals surface area contributed by atoms with Gasteiger partial charge in [0.05, 0.1) is 5.69 Å². The van der Waals surface area contributed by atoms with Crippen LogP contribution >= 0.6 is 11.6 Å². The van der Waals surface area contributed by atoms with E-state index in [2.05, 4.69) is 10.4 Å². The van der Waals surface area contributed by atoms with Crippen molar-refractivity contribution >= 4 is 17.7 Å². The molecule has 2 unspecified atom stereocenters. The van der Waals surface area contributed by atoms with Crippen molar-refractivity contribution in [2.24, 2.45) is 7.05 Å². The largest absolute Gasteiger partial charge is 0.445 e. The Bertz CT molecular complexity index is 690. The van der Waals surface area contributed by atoms with Gasteiger partial charge >= 0.3 is 6.09 Å². The predicted octanol–water partition coefficient (Wildman–Crippen LogP) is 1.70. The summed E-state index contributed by atoms with van der Waals surface area (Å²) in [5.41, 5.74) is 1.71. The number of nitrogens with one attached hydrogen (secondary N) is 1. The molecule has 1 aromatic heterocycles. The summed E-state index contributed by atoms with van der Waals surface area (Å²) < 4.78 is 6.44. The summed E-state index contributed by atoms with van der Waals surface area (Å²) in [6.45, 7) is 1.62. The Kier molecular flexibility index (Phi) is 6.19. The summed E-state index contributed by atoms with van der Waals surface area (Å²) >= 11 is 6.05. The molecule has 7 nitrogen and oxygen atoms in total. The smallest absolute Gasteiger partial charge is 0.407 e. The molecule has 2 rings (SSSR count). The Morgan fingerprint density at radius 1 is 1.38 bits per heavy atom. The van der Waals surface area contributed by atoms with Gasteiger partial charge in [-0.3, -0.25) is 4.68 Å². The zero-order valence-corrected chi connectivity index (χ0v) is 14.2. The van der Waals surface area contributed by atoms with E-state index in [-0.39, 0.29) is 18.3 Å². The molecule has 0 spiro atoms. The molecule has 0 aliphatic carbocycles. The number of aryl methyl sites for hydroxylation is 2. The molecular weight excluding hydrogens is 334 g/mol. The molecule has 8 heteroatoms. The van der Waals surface area contributed by atoms with E-state index in [4.69, 9.17) is 16.3 Å². The summed E-state index contributed by atoms with van der Waals surface area (Å²) in [5, 5.41) is 27.0. The molecule has 0 aliphatic heterocycles. The molecule has 1 aromatic carbocycles. The number of alkyl carbamates (subject to hydrolysis) is 1. The third kappa shape index (κ3) is 4.47. The fourth-order valence-corrected chi connectivity index (χ4v) is 2.53. The van der Waals surface area contributed by atoms with Crippen LogP contribution in [0.15, 0.2) is 30.3 Å². The van der Waals surface area contributed by atoms with Crippen molar-refractivity contribution in [2.75, 3.05) is 6.54 Å². The predicted molar refractivity (Wildman–Crippen MR) is 88.6 cm³/mol. The van der Waals surface area contributed by atoms with Crippen LogP contribution in [0.25, 0.3) is 0 Å². The molecule has 130 valence electrons. The minimum atomic E-state index is -1.26. The molecule has 0 saturated heterocycles. The minimum absolute atomic E-state index is 0.124. The molecule has 0 saturated carbocycles. The van der Waals surface area contributed by atoms with Gasteiger partial charge in [0, 0.05) is 19.2 Å². The number of rotatable bonds is 6. The fraction of sp³-hybridized carbons (Fsp3) is 0.375. The number of aromatic nitrogens is 2. The van der Waals surface area contributed by atoms with Gasteiger partial charge < -0.3 is 20.3 Å². The van der Waals surface area contributed by atoms with Gasteiger partial charge in [-0.25, -0.2) is 4.79 Å². The van der Waals surface area contributed by atoms with E-state index >= 15 is 0 Å². The Labute approximate surface area is 144 Å². The molecule has 2 atom stereocenters. The zero-order chi connectivity index (χ0) is 17.7. The lowest BCUT2D eigenvalue weighted by Gasteiger charge is -2.18. The summed E-state index contributed by atoms with van der Waals surface area (Å²) in [6, 6.07) is 9.22. The van der Waals surface area contributed by atoms with Crippen LogP contribution in [0.4, 0.5) is 4.79 Å². The average Bonchev–Trinajstić information content (AvgIpc) is 2.83. The number of ether oxygens (including phenoxy) is 1. The molecule has 0 radical (unpaired) electrons. The highest BCUT2D eigenvalue weighted by molar-refractivity contribution is 6.30. The number of hydrogen-bond acceptors (Lipinski definition) is 5. The molecule has 24 heavy (non-hydrogen) atoms. The number of benzene rings is 1. The van der Waals surface area contributed by atoms with Gasteiger partial charge in [0.1, 0.15) is 24.0 Å². The highest BCUT2D eigenvalue weighted by Gasteiger charge is 2.26. The highest BCUT2D eigenvalue weighted by atomic mass is 35.5. The standard InChI is InChI=1S/C16H20ClN3O4/c1-10-13(15(17)20(2)19-10)14(22)12(21)8-18-16(23)24-9-11-6-4-3-5-7-11/h3-7,12,14,21-22H,8-9H2,1-2H3,(H,18,23). The van der Waals surface area contributed by atoms with Crippen LogP contribution in [0.3, 0.4) is 0 Å². The Hall–Kier alpha value is -2.09. The van der Waals surface area contributed by atoms with E-state index in [0.29, 0.717) is 11.3 Å². The van der Waals surface area contributed by atoms with E-state index in [1.807, 2.05) is 30.3 Å². The monoisotopic (exact) mass is 353 g/mol. The molecule has 0 aliphatic rings. The van der Waals surface area contributed by atoms with Crippen molar-refractivity contribution in [1.82, 2.24) is 15.1 Å². The average molecular weight is 354 g/mol. The molecule has 1 amide bonds. The van der Waals surface area contributed by atoms with Gasteiger partial charge in [0.15, 0.2) is 0 Å².